The summed E-state index contributed by atoms with van der Waals surface area (Å²) in [6.07, 6.45) is 5.94. The number of piperidine rings is 1. The van der Waals surface area contributed by atoms with Crippen molar-refractivity contribution in [1.29, 1.82) is 0 Å². The second-order valence-electron chi connectivity index (χ2n) is 7.33. The van der Waals surface area contributed by atoms with E-state index in [2.05, 4.69) is 5.32 Å². The summed E-state index contributed by atoms with van der Waals surface area (Å²) in [5.41, 5.74) is 0.238. The molecule has 1 aromatic rings. The summed E-state index contributed by atoms with van der Waals surface area (Å²) in [5, 5.41) is 3.18. The first-order valence-corrected chi connectivity index (χ1v) is 9.00. The lowest BCUT2D eigenvalue weighted by atomic mass is 9.87. The molecule has 128 valence electrons. The van der Waals surface area contributed by atoms with Crippen LogP contribution in [-0.4, -0.2) is 41.9 Å². The van der Waals surface area contributed by atoms with Gasteiger partial charge in [0, 0.05) is 19.0 Å². The number of carbonyl (C=O) groups is 2. The van der Waals surface area contributed by atoms with Crippen LogP contribution in [0.1, 0.15) is 48.9 Å². The molecule has 4 rings (SSSR count). The second-order valence-corrected chi connectivity index (χ2v) is 7.33. The molecule has 1 aliphatic carbocycles. The van der Waals surface area contributed by atoms with Crippen molar-refractivity contribution in [3.05, 3.63) is 29.8 Å². The van der Waals surface area contributed by atoms with E-state index in [9.17, 15) is 9.59 Å². The van der Waals surface area contributed by atoms with Crippen molar-refractivity contribution in [2.75, 3.05) is 19.7 Å². The van der Waals surface area contributed by atoms with Crippen LogP contribution in [0, 0.1) is 5.92 Å². The molecule has 1 saturated heterocycles. The highest BCUT2D eigenvalue weighted by atomic mass is 16.5. The van der Waals surface area contributed by atoms with Gasteiger partial charge in [0.05, 0.1) is 11.1 Å². The highest BCUT2D eigenvalue weighted by molar-refractivity contribution is 5.97. The van der Waals surface area contributed by atoms with Crippen molar-refractivity contribution in [3.63, 3.8) is 0 Å². The van der Waals surface area contributed by atoms with Crippen LogP contribution >= 0.6 is 0 Å². The molecule has 24 heavy (non-hydrogen) atoms. The third kappa shape index (κ3) is 2.76. The van der Waals surface area contributed by atoms with E-state index in [1.807, 2.05) is 23.1 Å². The number of carbonyl (C=O) groups excluding carboxylic acids is 2. The first kappa shape index (κ1) is 15.5. The van der Waals surface area contributed by atoms with Crippen LogP contribution in [0.4, 0.5) is 0 Å². The molecule has 2 fully saturated rings. The molecule has 1 saturated carbocycles. The van der Waals surface area contributed by atoms with E-state index in [1.54, 1.807) is 6.07 Å². The Kier molecular flexibility index (Phi) is 3.94. The van der Waals surface area contributed by atoms with E-state index < -0.39 is 0 Å². The largest absolute Gasteiger partial charge is 0.490 e. The van der Waals surface area contributed by atoms with E-state index >= 15 is 0 Å². The van der Waals surface area contributed by atoms with E-state index in [4.69, 9.17) is 4.74 Å². The number of hydrogen-bond acceptors (Lipinski definition) is 3. The van der Waals surface area contributed by atoms with Gasteiger partial charge >= 0.3 is 0 Å². The van der Waals surface area contributed by atoms with Gasteiger partial charge in [-0.15, -0.1) is 0 Å². The summed E-state index contributed by atoms with van der Waals surface area (Å²) in [6, 6.07) is 7.37. The zero-order valence-electron chi connectivity index (χ0n) is 13.9. The Balaban J connectivity index is 1.43. The molecule has 1 aromatic carbocycles. The van der Waals surface area contributed by atoms with Crippen LogP contribution in [-0.2, 0) is 4.79 Å². The number of nitrogens with zero attached hydrogens (tertiary/aromatic N) is 1. The SMILES string of the molecule is O=C1NC2(CCN(C(=O)C3CCCC3)CC2)COc2ccccc21. The van der Waals surface area contributed by atoms with Gasteiger partial charge in [0.2, 0.25) is 5.91 Å². The van der Waals surface area contributed by atoms with Gasteiger partial charge in [0.15, 0.2) is 0 Å². The summed E-state index contributed by atoms with van der Waals surface area (Å²) in [5.74, 6) is 1.12. The lowest BCUT2D eigenvalue weighted by molar-refractivity contribution is -0.137. The fourth-order valence-corrected chi connectivity index (χ4v) is 4.20. The molecule has 3 aliphatic rings. The third-order valence-electron chi connectivity index (χ3n) is 5.75. The summed E-state index contributed by atoms with van der Waals surface area (Å²) in [6.45, 7) is 1.88. The van der Waals surface area contributed by atoms with E-state index in [-0.39, 0.29) is 17.4 Å². The van der Waals surface area contributed by atoms with Gasteiger partial charge in [-0.3, -0.25) is 9.59 Å². The van der Waals surface area contributed by atoms with Crippen molar-refractivity contribution in [2.45, 2.75) is 44.1 Å². The molecule has 5 nitrogen and oxygen atoms in total. The minimum absolute atomic E-state index is 0.0707. The maximum Gasteiger partial charge on any atom is 0.255 e. The number of likely N-dealkylation sites (tertiary alicyclic amines) is 1. The van der Waals surface area contributed by atoms with Crippen LogP contribution in [0.3, 0.4) is 0 Å². The zero-order chi connectivity index (χ0) is 16.6. The first-order chi connectivity index (χ1) is 11.7. The maximum atomic E-state index is 12.6. The van der Waals surface area contributed by atoms with Gasteiger partial charge in [0.1, 0.15) is 12.4 Å². The van der Waals surface area contributed by atoms with Gasteiger partial charge in [-0.2, -0.15) is 0 Å². The van der Waals surface area contributed by atoms with E-state index in [0.717, 1.165) is 25.7 Å². The second kappa shape index (κ2) is 6.11. The van der Waals surface area contributed by atoms with E-state index in [1.165, 1.54) is 12.8 Å². The van der Waals surface area contributed by atoms with Crippen LogP contribution in [0.25, 0.3) is 0 Å². The molecule has 0 bridgehead atoms. The summed E-state index contributed by atoms with van der Waals surface area (Å²) < 4.78 is 5.92. The average Bonchev–Trinajstić information content (AvgIpc) is 3.11. The Morgan fingerprint density at radius 3 is 2.62 bits per heavy atom. The summed E-state index contributed by atoms with van der Waals surface area (Å²) in [4.78, 5) is 27.1. The normalized spacial score (nSPS) is 23.3. The standard InChI is InChI=1S/C19H24N2O3/c22-17-15-7-3-4-8-16(15)24-13-19(20-17)9-11-21(12-10-19)18(23)14-5-1-2-6-14/h3-4,7-8,14H,1-2,5-6,9-13H2,(H,20,22). The molecule has 0 radical (unpaired) electrons. The molecule has 2 heterocycles. The number of rotatable bonds is 1. The Morgan fingerprint density at radius 1 is 1.17 bits per heavy atom. The minimum Gasteiger partial charge on any atom is -0.490 e. The Morgan fingerprint density at radius 2 is 1.88 bits per heavy atom. The van der Waals surface area contributed by atoms with Crippen LogP contribution in [0.5, 0.6) is 5.75 Å². The van der Waals surface area contributed by atoms with Crippen molar-refractivity contribution >= 4 is 11.8 Å². The summed E-state index contributed by atoms with van der Waals surface area (Å²) >= 11 is 0. The highest BCUT2D eigenvalue weighted by Gasteiger charge is 2.41. The Labute approximate surface area is 142 Å². The lowest BCUT2D eigenvalue weighted by Gasteiger charge is -2.41. The number of ether oxygens (including phenoxy) is 1. The average molecular weight is 328 g/mol. The first-order valence-electron chi connectivity index (χ1n) is 9.00. The van der Waals surface area contributed by atoms with Gasteiger partial charge in [-0.05, 0) is 37.8 Å². The maximum absolute atomic E-state index is 12.6. The monoisotopic (exact) mass is 328 g/mol. The van der Waals surface area contributed by atoms with Gasteiger partial charge in [-0.25, -0.2) is 0 Å². The quantitative estimate of drug-likeness (QED) is 0.861. The number of fused-ring (bicyclic) bond motifs is 1. The molecule has 2 amide bonds. The number of para-hydroxylation sites is 1. The smallest absolute Gasteiger partial charge is 0.255 e. The van der Waals surface area contributed by atoms with Crippen molar-refractivity contribution in [3.8, 4) is 5.75 Å². The predicted molar refractivity (Wildman–Crippen MR) is 89.9 cm³/mol. The molecule has 1 N–H and O–H groups in total. The molecule has 0 unspecified atom stereocenters. The van der Waals surface area contributed by atoms with Crippen molar-refractivity contribution in [1.82, 2.24) is 10.2 Å². The van der Waals surface area contributed by atoms with Crippen molar-refractivity contribution in [2.24, 2.45) is 5.92 Å². The van der Waals surface area contributed by atoms with Crippen LogP contribution in [0.15, 0.2) is 24.3 Å². The molecule has 1 spiro atoms. The minimum atomic E-state index is -0.359. The third-order valence-corrected chi connectivity index (χ3v) is 5.75. The highest BCUT2D eigenvalue weighted by Crippen LogP contribution is 2.32. The Bertz CT molecular complexity index is 644. The Hall–Kier alpha value is -2.04. The number of benzene rings is 1. The van der Waals surface area contributed by atoms with Crippen LogP contribution in [0.2, 0.25) is 0 Å². The summed E-state index contributed by atoms with van der Waals surface area (Å²) in [7, 11) is 0. The number of amides is 2. The zero-order valence-corrected chi connectivity index (χ0v) is 13.9. The lowest BCUT2D eigenvalue weighted by Crippen LogP contribution is -2.58. The fraction of sp³-hybridized carbons (Fsp3) is 0.579. The topological polar surface area (TPSA) is 58.6 Å². The predicted octanol–water partition coefficient (Wildman–Crippen LogP) is 2.36. The van der Waals surface area contributed by atoms with Gasteiger partial charge < -0.3 is 15.0 Å². The molecule has 0 aromatic heterocycles. The fourth-order valence-electron chi connectivity index (χ4n) is 4.20. The van der Waals surface area contributed by atoms with Gasteiger partial charge in [-0.1, -0.05) is 25.0 Å². The van der Waals surface area contributed by atoms with E-state index in [0.29, 0.717) is 36.9 Å². The molecular formula is C19H24N2O3. The van der Waals surface area contributed by atoms with Crippen molar-refractivity contribution < 1.29 is 14.3 Å². The molecule has 5 heteroatoms. The number of hydrogen-bond donors (Lipinski definition) is 1. The molecular weight excluding hydrogens is 304 g/mol. The molecule has 2 aliphatic heterocycles. The van der Waals surface area contributed by atoms with Crippen LogP contribution < -0.4 is 10.1 Å². The van der Waals surface area contributed by atoms with Gasteiger partial charge in [0.25, 0.3) is 5.91 Å². The molecule has 0 atom stereocenters. The number of nitrogens with one attached hydrogen (secondary N) is 1.